The lowest BCUT2D eigenvalue weighted by Gasteiger charge is -2.10. The summed E-state index contributed by atoms with van der Waals surface area (Å²) in [4.78, 5) is 13.4. The summed E-state index contributed by atoms with van der Waals surface area (Å²) in [6, 6.07) is 5.96. The molecule has 0 fully saturated rings. The summed E-state index contributed by atoms with van der Waals surface area (Å²) in [5.41, 5.74) is 2.21. The molecule has 118 valence electrons. The first kappa shape index (κ1) is 16.4. The Kier molecular flexibility index (Phi) is 6.83. The number of rotatable bonds is 7. The summed E-state index contributed by atoms with van der Waals surface area (Å²) >= 11 is 1.69. The van der Waals surface area contributed by atoms with E-state index in [0.29, 0.717) is 0 Å². The molecule has 0 bridgehead atoms. The Morgan fingerprint density at radius 2 is 2.14 bits per heavy atom. The van der Waals surface area contributed by atoms with Crippen molar-refractivity contribution in [2.45, 2.75) is 26.7 Å². The second-order valence-corrected chi connectivity index (χ2v) is 5.93. The van der Waals surface area contributed by atoms with Crippen LogP contribution in [-0.4, -0.2) is 35.6 Å². The van der Waals surface area contributed by atoms with E-state index in [-0.39, 0.29) is 0 Å². The lowest BCUT2D eigenvalue weighted by atomic mass is 10.3. The third kappa shape index (κ3) is 5.81. The molecule has 0 unspecified atom stereocenters. The maximum Gasteiger partial charge on any atom is 0.191 e. The van der Waals surface area contributed by atoms with E-state index in [1.54, 1.807) is 11.3 Å². The van der Waals surface area contributed by atoms with Crippen molar-refractivity contribution in [1.82, 2.24) is 20.6 Å². The quantitative estimate of drug-likeness (QED) is 0.607. The first-order chi connectivity index (χ1) is 10.8. The molecule has 0 aliphatic rings. The van der Waals surface area contributed by atoms with E-state index in [1.165, 1.54) is 0 Å². The van der Waals surface area contributed by atoms with Crippen molar-refractivity contribution in [1.29, 1.82) is 0 Å². The van der Waals surface area contributed by atoms with Crippen LogP contribution in [0.3, 0.4) is 0 Å². The molecule has 0 radical (unpaired) electrons. The number of hydrogen-bond acceptors (Lipinski definition) is 4. The van der Waals surface area contributed by atoms with Gasteiger partial charge in [0.05, 0.1) is 10.7 Å². The van der Waals surface area contributed by atoms with Gasteiger partial charge in [-0.2, -0.15) is 0 Å². The Labute approximate surface area is 135 Å². The number of nitrogens with zero attached hydrogens (tertiary/aromatic N) is 3. The summed E-state index contributed by atoms with van der Waals surface area (Å²) in [5.74, 6) is 0.852. The predicted octanol–water partition coefficient (Wildman–Crippen LogP) is 2.19. The zero-order valence-electron chi connectivity index (χ0n) is 13.2. The van der Waals surface area contributed by atoms with Crippen LogP contribution >= 0.6 is 11.3 Å². The van der Waals surface area contributed by atoms with Crippen LogP contribution in [0.5, 0.6) is 0 Å². The smallest absolute Gasteiger partial charge is 0.191 e. The van der Waals surface area contributed by atoms with Gasteiger partial charge < -0.3 is 10.6 Å². The molecule has 2 heterocycles. The Morgan fingerprint density at radius 3 is 2.82 bits per heavy atom. The number of thiazole rings is 1. The fourth-order valence-electron chi connectivity index (χ4n) is 2.00. The standard InChI is InChI=1S/C16H23N5S/c1-3-17-16(19-10-7-14-6-4-5-9-18-14)20-11-8-15-12-22-13(2)21-15/h4-6,9,12H,3,7-8,10-11H2,1-2H3,(H2,17,19,20). The van der Waals surface area contributed by atoms with Gasteiger partial charge in [0.15, 0.2) is 5.96 Å². The molecule has 2 aromatic rings. The molecule has 0 aromatic carbocycles. The highest BCUT2D eigenvalue weighted by Crippen LogP contribution is 2.07. The van der Waals surface area contributed by atoms with Gasteiger partial charge in [0.1, 0.15) is 0 Å². The second kappa shape index (κ2) is 9.15. The van der Waals surface area contributed by atoms with Crippen molar-refractivity contribution in [3.05, 3.63) is 46.2 Å². The summed E-state index contributed by atoms with van der Waals surface area (Å²) in [6.45, 7) is 6.51. The van der Waals surface area contributed by atoms with Gasteiger partial charge in [-0.25, -0.2) is 4.98 Å². The van der Waals surface area contributed by atoms with Crippen LogP contribution in [0.2, 0.25) is 0 Å². The fourth-order valence-corrected chi connectivity index (χ4v) is 2.65. The van der Waals surface area contributed by atoms with E-state index in [2.05, 4.69) is 37.9 Å². The molecule has 0 aliphatic carbocycles. The lowest BCUT2D eigenvalue weighted by molar-refractivity contribution is 0.786. The predicted molar refractivity (Wildman–Crippen MR) is 92.5 cm³/mol. The number of aromatic nitrogens is 2. The van der Waals surface area contributed by atoms with Crippen LogP contribution in [-0.2, 0) is 12.8 Å². The Bertz CT molecular complexity index is 579. The number of hydrogen-bond donors (Lipinski definition) is 2. The van der Waals surface area contributed by atoms with Crippen molar-refractivity contribution < 1.29 is 0 Å². The molecule has 0 saturated carbocycles. The van der Waals surface area contributed by atoms with Gasteiger partial charge in [-0.1, -0.05) is 6.07 Å². The summed E-state index contributed by atoms with van der Waals surface area (Å²) < 4.78 is 0. The fraction of sp³-hybridized carbons (Fsp3) is 0.438. The molecule has 2 N–H and O–H groups in total. The highest BCUT2D eigenvalue weighted by Gasteiger charge is 2.00. The minimum Gasteiger partial charge on any atom is -0.357 e. The minimum absolute atomic E-state index is 0.724. The highest BCUT2D eigenvalue weighted by atomic mass is 32.1. The number of aryl methyl sites for hydroxylation is 1. The molecular formula is C16H23N5S. The van der Waals surface area contributed by atoms with Crippen LogP contribution < -0.4 is 10.6 Å². The van der Waals surface area contributed by atoms with Crippen LogP contribution in [0.1, 0.15) is 23.3 Å². The van der Waals surface area contributed by atoms with Gasteiger partial charge in [0.25, 0.3) is 0 Å². The van der Waals surface area contributed by atoms with E-state index < -0.39 is 0 Å². The Hall–Kier alpha value is -1.95. The van der Waals surface area contributed by atoms with E-state index in [9.17, 15) is 0 Å². The van der Waals surface area contributed by atoms with Gasteiger partial charge in [-0.15, -0.1) is 11.3 Å². The normalized spacial score (nSPS) is 11.5. The molecule has 0 spiro atoms. The summed E-state index contributed by atoms with van der Waals surface area (Å²) in [6.07, 6.45) is 3.58. The first-order valence-corrected chi connectivity index (χ1v) is 8.49. The van der Waals surface area contributed by atoms with Gasteiger partial charge in [0, 0.05) is 49.7 Å². The van der Waals surface area contributed by atoms with E-state index in [4.69, 9.17) is 0 Å². The third-order valence-corrected chi connectivity index (χ3v) is 3.87. The molecular weight excluding hydrogens is 294 g/mol. The molecule has 0 atom stereocenters. The zero-order valence-corrected chi connectivity index (χ0v) is 14.0. The monoisotopic (exact) mass is 317 g/mol. The number of aliphatic imine (C=N–C) groups is 1. The van der Waals surface area contributed by atoms with Crippen LogP contribution in [0.4, 0.5) is 0 Å². The molecule has 2 rings (SSSR count). The topological polar surface area (TPSA) is 62.2 Å². The second-order valence-electron chi connectivity index (χ2n) is 4.87. The van der Waals surface area contributed by atoms with Crippen LogP contribution in [0.25, 0.3) is 0 Å². The number of pyridine rings is 1. The molecule has 5 nitrogen and oxygen atoms in total. The molecule has 0 aliphatic heterocycles. The van der Waals surface area contributed by atoms with E-state index in [0.717, 1.165) is 54.8 Å². The first-order valence-electron chi connectivity index (χ1n) is 7.61. The van der Waals surface area contributed by atoms with Crippen molar-refractivity contribution in [3.8, 4) is 0 Å². The minimum atomic E-state index is 0.724. The average Bonchev–Trinajstić information content (AvgIpc) is 2.94. The zero-order chi connectivity index (χ0) is 15.6. The van der Waals surface area contributed by atoms with Crippen LogP contribution in [0, 0.1) is 6.92 Å². The summed E-state index contributed by atoms with van der Waals surface area (Å²) in [5, 5.41) is 9.84. The molecule has 22 heavy (non-hydrogen) atoms. The molecule has 0 amide bonds. The lowest BCUT2D eigenvalue weighted by Crippen LogP contribution is -2.38. The average molecular weight is 317 g/mol. The van der Waals surface area contributed by atoms with Gasteiger partial charge >= 0.3 is 0 Å². The maximum absolute atomic E-state index is 4.58. The highest BCUT2D eigenvalue weighted by molar-refractivity contribution is 7.09. The summed E-state index contributed by atoms with van der Waals surface area (Å²) in [7, 11) is 0. The van der Waals surface area contributed by atoms with Crippen molar-refractivity contribution in [2.24, 2.45) is 4.99 Å². The molecule has 6 heteroatoms. The third-order valence-electron chi connectivity index (χ3n) is 3.05. The van der Waals surface area contributed by atoms with E-state index in [1.807, 2.05) is 31.3 Å². The Morgan fingerprint density at radius 1 is 1.23 bits per heavy atom. The van der Waals surface area contributed by atoms with E-state index >= 15 is 0 Å². The van der Waals surface area contributed by atoms with Gasteiger partial charge in [-0.05, 0) is 26.0 Å². The number of nitrogens with one attached hydrogen (secondary N) is 2. The van der Waals surface area contributed by atoms with Gasteiger partial charge in [0.2, 0.25) is 0 Å². The van der Waals surface area contributed by atoms with Crippen molar-refractivity contribution in [3.63, 3.8) is 0 Å². The molecule has 2 aromatic heterocycles. The maximum atomic E-state index is 4.58. The van der Waals surface area contributed by atoms with Crippen molar-refractivity contribution in [2.75, 3.05) is 19.6 Å². The van der Waals surface area contributed by atoms with Crippen LogP contribution in [0.15, 0.2) is 34.8 Å². The van der Waals surface area contributed by atoms with Gasteiger partial charge in [-0.3, -0.25) is 9.98 Å². The van der Waals surface area contributed by atoms with Crippen molar-refractivity contribution >= 4 is 17.3 Å². The number of guanidine groups is 1. The largest absolute Gasteiger partial charge is 0.357 e. The molecule has 0 saturated heterocycles. The Balaban J connectivity index is 1.77. The SMILES string of the molecule is CCNC(=NCCc1ccccn1)NCCc1csc(C)n1.